The van der Waals surface area contributed by atoms with Gasteiger partial charge in [0.25, 0.3) is 0 Å². The molecule has 2 aromatic rings. The third-order valence-electron chi connectivity index (χ3n) is 2.68. The summed E-state index contributed by atoms with van der Waals surface area (Å²) in [5.74, 6) is -0.203. The van der Waals surface area contributed by atoms with E-state index >= 15 is 0 Å². The van der Waals surface area contributed by atoms with E-state index in [4.69, 9.17) is 28.9 Å². The van der Waals surface area contributed by atoms with Crippen LogP contribution in [0.4, 0.5) is 5.69 Å². The fraction of sp³-hybridized carbons (Fsp3) is 0. The van der Waals surface area contributed by atoms with Gasteiger partial charge in [-0.1, -0.05) is 45.2 Å². The minimum absolute atomic E-state index is 0.203. The Bertz CT molecular complexity index is 678. The lowest BCUT2D eigenvalue weighted by atomic mass is 10.1. The number of carbonyl (C=O) groups is 1. The van der Waals surface area contributed by atoms with E-state index in [9.17, 15) is 4.79 Å². The first-order valence-electron chi connectivity index (χ1n) is 5.70. The van der Waals surface area contributed by atoms with Crippen LogP contribution in [0.15, 0.2) is 46.9 Å². The molecular formula is C15H10BrCl2NO. The van der Waals surface area contributed by atoms with E-state index in [1.165, 1.54) is 6.08 Å². The average Bonchev–Trinajstić information content (AvgIpc) is 2.37. The van der Waals surface area contributed by atoms with Gasteiger partial charge < -0.3 is 5.73 Å². The Morgan fingerprint density at radius 3 is 2.40 bits per heavy atom. The van der Waals surface area contributed by atoms with Gasteiger partial charge in [0.2, 0.25) is 0 Å². The molecule has 0 bridgehead atoms. The average molecular weight is 371 g/mol. The zero-order chi connectivity index (χ0) is 14.7. The van der Waals surface area contributed by atoms with Gasteiger partial charge in [-0.15, -0.1) is 0 Å². The van der Waals surface area contributed by atoms with E-state index in [2.05, 4.69) is 15.9 Å². The van der Waals surface area contributed by atoms with Crippen molar-refractivity contribution >= 4 is 56.7 Å². The molecule has 2 aromatic carbocycles. The Kier molecular flexibility index (Phi) is 4.86. The van der Waals surface area contributed by atoms with Crippen LogP contribution in [-0.2, 0) is 0 Å². The highest BCUT2D eigenvalue weighted by Crippen LogP contribution is 2.26. The SMILES string of the molecule is Nc1cc(Br)ccc1C(=O)/C=C/c1c(Cl)cccc1Cl. The third-order valence-corrected chi connectivity index (χ3v) is 3.83. The van der Waals surface area contributed by atoms with Crippen LogP contribution in [0.3, 0.4) is 0 Å². The van der Waals surface area contributed by atoms with Crippen LogP contribution in [0.5, 0.6) is 0 Å². The summed E-state index contributed by atoms with van der Waals surface area (Å²) in [6.45, 7) is 0. The monoisotopic (exact) mass is 369 g/mol. The molecule has 0 saturated heterocycles. The molecule has 0 saturated carbocycles. The molecule has 0 aromatic heterocycles. The number of hydrogen-bond acceptors (Lipinski definition) is 2. The van der Waals surface area contributed by atoms with Gasteiger partial charge in [0, 0.05) is 31.3 Å². The molecule has 102 valence electrons. The zero-order valence-electron chi connectivity index (χ0n) is 10.2. The summed E-state index contributed by atoms with van der Waals surface area (Å²) < 4.78 is 0.824. The van der Waals surface area contributed by atoms with Crippen LogP contribution in [0.25, 0.3) is 6.08 Å². The van der Waals surface area contributed by atoms with Gasteiger partial charge in [0.05, 0.1) is 0 Å². The predicted octanol–water partition coefficient (Wildman–Crippen LogP) is 5.23. The van der Waals surface area contributed by atoms with Crippen molar-refractivity contribution < 1.29 is 4.79 Å². The molecule has 0 amide bonds. The second-order valence-electron chi connectivity index (χ2n) is 4.06. The molecule has 0 spiro atoms. The molecule has 20 heavy (non-hydrogen) atoms. The molecule has 2 N–H and O–H groups in total. The van der Waals surface area contributed by atoms with E-state index in [0.717, 1.165) is 4.47 Å². The number of carbonyl (C=O) groups excluding carboxylic acids is 1. The fourth-order valence-electron chi connectivity index (χ4n) is 1.68. The topological polar surface area (TPSA) is 43.1 Å². The van der Waals surface area contributed by atoms with Crippen LogP contribution in [0, 0.1) is 0 Å². The van der Waals surface area contributed by atoms with E-state index < -0.39 is 0 Å². The summed E-state index contributed by atoms with van der Waals surface area (Å²) in [4.78, 5) is 12.1. The van der Waals surface area contributed by atoms with Crippen molar-refractivity contribution in [1.29, 1.82) is 0 Å². The van der Waals surface area contributed by atoms with Crippen LogP contribution < -0.4 is 5.73 Å². The first kappa shape index (κ1) is 15.1. The number of nitrogen functional groups attached to an aromatic ring is 1. The number of hydrogen-bond donors (Lipinski definition) is 1. The van der Waals surface area contributed by atoms with E-state index in [-0.39, 0.29) is 5.78 Å². The molecular weight excluding hydrogens is 361 g/mol. The van der Waals surface area contributed by atoms with Gasteiger partial charge in [-0.2, -0.15) is 0 Å². The quantitative estimate of drug-likeness (QED) is 0.456. The maximum Gasteiger partial charge on any atom is 0.187 e. The zero-order valence-corrected chi connectivity index (χ0v) is 13.3. The molecule has 0 fully saturated rings. The summed E-state index contributed by atoms with van der Waals surface area (Å²) in [5.41, 5.74) is 7.28. The van der Waals surface area contributed by atoms with Gasteiger partial charge in [0.1, 0.15) is 0 Å². The Morgan fingerprint density at radius 2 is 1.80 bits per heavy atom. The highest BCUT2D eigenvalue weighted by atomic mass is 79.9. The van der Waals surface area contributed by atoms with Gasteiger partial charge in [0.15, 0.2) is 5.78 Å². The first-order chi connectivity index (χ1) is 9.49. The van der Waals surface area contributed by atoms with Crippen LogP contribution in [0.2, 0.25) is 10.0 Å². The summed E-state index contributed by atoms with van der Waals surface area (Å²) in [5, 5.41) is 0.982. The van der Waals surface area contributed by atoms with Crippen molar-refractivity contribution in [2.75, 3.05) is 5.73 Å². The maximum absolute atomic E-state index is 12.1. The number of allylic oxidation sites excluding steroid dienone is 1. The number of ketones is 1. The number of rotatable bonds is 3. The molecule has 0 unspecified atom stereocenters. The minimum Gasteiger partial charge on any atom is -0.398 e. The summed E-state index contributed by atoms with van der Waals surface area (Å²) in [7, 11) is 0. The molecule has 0 aliphatic heterocycles. The van der Waals surface area contributed by atoms with Crippen LogP contribution in [0.1, 0.15) is 15.9 Å². The molecule has 0 atom stereocenters. The lowest BCUT2D eigenvalue weighted by molar-refractivity contribution is 0.104. The van der Waals surface area contributed by atoms with Crippen LogP contribution in [-0.4, -0.2) is 5.78 Å². The van der Waals surface area contributed by atoms with E-state index in [0.29, 0.717) is 26.9 Å². The lowest BCUT2D eigenvalue weighted by Crippen LogP contribution is -2.00. The Balaban J connectivity index is 2.30. The molecule has 2 nitrogen and oxygen atoms in total. The van der Waals surface area contributed by atoms with Crippen LogP contribution >= 0.6 is 39.1 Å². The molecule has 2 rings (SSSR count). The predicted molar refractivity (Wildman–Crippen MR) is 88.4 cm³/mol. The van der Waals surface area contributed by atoms with Crippen molar-refractivity contribution in [1.82, 2.24) is 0 Å². The minimum atomic E-state index is -0.203. The van der Waals surface area contributed by atoms with Gasteiger partial charge >= 0.3 is 0 Å². The lowest BCUT2D eigenvalue weighted by Gasteiger charge is -2.03. The number of halogens is 3. The van der Waals surface area contributed by atoms with Crippen molar-refractivity contribution in [2.45, 2.75) is 0 Å². The Labute approximate surface area is 135 Å². The molecule has 0 radical (unpaired) electrons. The number of nitrogens with two attached hydrogens (primary N) is 1. The molecule has 5 heteroatoms. The smallest absolute Gasteiger partial charge is 0.187 e. The van der Waals surface area contributed by atoms with Crippen molar-refractivity contribution in [3.05, 3.63) is 68.1 Å². The van der Waals surface area contributed by atoms with Crippen molar-refractivity contribution in [3.63, 3.8) is 0 Å². The summed E-state index contributed by atoms with van der Waals surface area (Å²) in [6, 6.07) is 10.3. The first-order valence-corrected chi connectivity index (χ1v) is 7.25. The van der Waals surface area contributed by atoms with Crippen molar-refractivity contribution in [3.8, 4) is 0 Å². The summed E-state index contributed by atoms with van der Waals surface area (Å²) >= 11 is 15.4. The summed E-state index contributed by atoms with van der Waals surface area (Å²) in [6.07, 6.45) is 3.00. The fourth-order valence-corrected chi connectivity index (χ4v) is 2.58. The number of anilines is 1. The number of benzene rings is 2. The third kappa shape index (κ3) is 3.42. The Morgan fingerprint density at radius 1 is 1.15 bits per heavy atom. The normalized spacial score (nSPS) is 10.9. The standard InChI is InChI=1S/C15H10BrCl2NO/c16-9-4-5-11(14(19)8-9)15(20)7-6-10-12(17)2-1-3-13(10)18/h1-8H,19H2/b7-6+. The van der Waals surface area contributed by atoms with Crippen molar-refractivity contribution in [2.24, 2.45) is 0 Å². The molecule has 0 aliphatic carbocycles. The van der Waals surface area contributed by atoms with Gasteiger partial charge in [-0.25, -0.2) is 0 Å². The van der Waals surface area contributed by atoms with E-state index in [1.54, 1.807) is 42.5 Å². The largest absolute Gasteiger partial charge is 0.398 e. The molecule has 0 heterocycles. The highest BCUT2D eigenvalue weighted by molar-refractivity contribution is 9.10. The second kappa shape index (κ2) is 6.44. The highest BCUT2D eigenvalue weighted by Gasteiger charge is 2.08. The van der Waals surface area contributed by atoms with Gasteiger partial charge in [-0.3, -0.25) is 4.79 Å². The Hall–Kier alpha value is -1.29. The van der Waals surface area contributed by atoms with Gasteiger partial charge in [-0.05, 0) is 42.5 Å². The van der Waals surface area contributed by atoms with E-state index in [1.807, 2.05) is 0 Å². The maximum atomic E-state index is 12.1. The second-order valence-corrected chi connectivity index (χ2v) is 5.79. The molecule has 0 aliphatic rings.